The number of nitrogens with zero attached hydrogens (tertiary/aromatic N) is 1. The molecule has 1 heterocycles. The number of hydrogen-bond acceptors (Lipinski definition) is 2. The van der Waals surface area contributed by atoms with Crippen molar-refractivity contribution in [1.82, 2.24) is 10.2 Å². The molecule has 166 valence electrons. The second-order valence-corrected chi connectivity index (χ2v) is 7.85. The van der Waals surface area contributed by atoms with Crippen LogP contribution in [-0.4, -0.2) is 29.8 Å². The van der Waals surface area contributed by atoms with E-state index < -0.39 is 23.6 Å². The van der Waals surface area contributed by atoms with Crippen LogP contribution in [0.25, 0.3) is 0 Å². The molecule has 4 nitrogen and oxygen atoms in total. The lowest BCUT2D eigenvalue weighted by molar-refractivity contribution is -0.137. The molecule has 8 heteroatoms. The highest BCUT2D eigenvalue weighted by molar-refractivity contribution is 5.79. The molecule has 1 aliphatic rings. The van der Waals surface area contributed by atoms with Crippen LogP contribution in [-0.2, 0) is 15.8 Å². The smallest absolute Gasteiger partial charge is 0.347 e. The number of benzene rings is 2. The SMILES string of the molecule is CC(CC(=O)NC(CN1CCCC1=O)c1cccc(C(F)(F)F)c1)c1cccc(F)c1. The summed E-state index contributed by atoms with van der Waals surface area (Å²) in [6.07, 6.45) is -3.41. The van der Waals surface area contributed by atoms with Gasteiger partial charge in [-0.05, 0) is 47.7 Å². The van der Waals surface area contributed by atoms with Gasteiger partial charge in [0.25, 0.3) is 0 Å². The first kappa shape index (κ1) is 22.8. The van der Waals surface area contributed by atoms with Gasteiger partial charge < -0.3 is 10.2 Å². The summed E-state index contributed by atoms with van der Waals surface area (Å²) in [6, 6.07) is 9.93. The molecular weight excluding hydrogens is 412 g/mol. The van der Waals surface area contributed by atoms with Crippen molar-refractivity contribution in [3.63, 3.8) is 0 Å². The molecule has 0 saturated carbocycles. The Kier molecular flexibility index (Phi) is 6.97. The quantitative estimate of drug-likeness (QED) is 0.633. The van der Waals surface area contributed by atoms with Crippen LogP contribution in [0, 0.1) is 5.82 Å². The summed E-state index contributed by atoms with van der Waals surface area (Å²) in [5.41, 5.74) is 0.117. The molecule has 2 atom stereocenters. The lowest BCUT2D eigenvalue weighted by atomic mass is 9.96. The van der Waals surface area contributed by atoms with Crippen molar-refractivity contribution in [1.29, 1.82) is 0 Å². The monoisotopic (exact) mass is 436 g/mol. The van der Waals surface area contributed by atoms with Crippen LogP contribution in [0.3, 0.4) is 0 Å². The van der Waals surface area contributed by atoms with Gasteiger partial charge in [0.1, 0.15) is 5.82 Å². The van der Waals surface area contributed by atoms with E-state index in [1.807, 2.05) is 0 Å². The fourth-order valence-electron chi connectivity index (χ4n) is 3.75. The van der Waals surface area contributed by atoms with Crippen molar-refractivity contribution in [2.45, 2.75) is 44.3 Å². The fraction of sp³-hybridized carbons (Fsp3) is 0.391. The molecule has 1 saturated heterocycles. The van der Waals surface area contributed by atoms with Gasteiger partial charge in [-0.25, -0.2) is 4.39 Å². The van der Waals surface area contributed by atoms with Gasteiger partial charge >= 0.3 is 6.18 Å². The fourth-order valence-corrected chi connectivity index (χ4v) is 3.75. The molecule has 3 rings (SSSR count). The highest BCUT2D eigenvalue weighted by Crippen LogP contribution is 2.31. The van der Waals surface area contributed by atoms with Crippen LogP contribution in [0.1, 0.15) is 54.8 Å². The van der Waals surface area contributed by atoms with Gasteiger partial charge in [-0.15, -0.1) is 0 Å². The van der Waals surface area contributed by atoms with Crippen molar-refractivity contribution >= 4 is 11.8 Å². The Labute approximate surface area is 178 Å². The average molecular weight is 436 g/mol. The van der Waals surface area contributed by atoms with E-state index >= 15 is 0 Å². The molecule has 2 aromatic carbocycles. The number of hydrogen-bond donors (Lipinski definition) is 1. The van der Waals surface area contributed by atoms with E-state index in [0.29, 0.717) is 24.9 Å². The van der Waals surface area contributed by atoms with Gasteiger partial charge in [-0.3, -0.25) is 9.59 Å². The maximum Gasteiger partial charge on any atom is 0.416 e. The van der Waals surface area contributed by atoms with Crippen molar-refractivity contribution < 1.29 is 27.2 Å². The maximum absolute atomic E-state index is 13.5. The highest BCUT2D eigenvalue weighted by atomic mass is 19.4. The third-order valence-corrected chi connectivity index (χ3v) is 5.44. The molecule has 1 aliphatic heterocycles. The third-order valence-electron chi connectivity index (χ3n) is 5.44. The van der Waals surface area contributed by atoms with Crippen LogP contribution in [0.4, 0.5) is 17.6 Å². The zero-order chi connectivity index (χ0) is 22.6. The number of halogens is 4. The van der Waals surface area contributed by atoms with Crippen LogP contribution >= 0.6 is 0 Å². The minimum atomic E-state index is -4.51. The van der Waals surface area contributed by atoms with Crippen molar-refractivity contribution in [3.05, 3.63) is 71.0 Å². The Bertz CT molecular complexity index is 945. The molecule has 1 N–H and O–H groups in total. The lowest BCUT2D eigenvalue weighted by Crippen LogP contribution is -2.39. The normalized spacial score (nSPS) is 16.3. The number of likely N-dealkylation sites (tertiary alicyclic amines) is 1. The summed E-state index contributed by atoms with van der Waals surface area (Å²) in [7, 11) is 0. The van der Waals surface area contributed by atoms with Crippen molar-refractivity contribution in [3.8, 4) is 0 Å². The summed E-state index contributed by atoms with van der Waals surface area (Å²) in [5.74, 6) is -1.16. The van der Waals surface area contributed by atoms with Gasteiger partial charge in [-0.1, -0.05) is 31.2 Å². The van der Waals surface area contributed by atoms with Gasteiger partial charge in [0.15, 0.2) is 0 Å². The second kappa shape index (κ2) is 9.49. The lowest BCUT2D eigenvalue weighted by Gasteiger charge is -2.26. The zero-order valence-electron chi connectivity index (χ0n) is 17.1. The molecule has 2 amide bonds. The Morgan fingerprint density at radius 3 is 2.48 bits per heavy atom. The Balaban J connectivity index is 1.78. The van der Waals surface area contributed by atoms with Crippen LogP contribution in [0.15, 0.2) is 48.5 Å². The molecule has 0 aromatic heterocycles. The van der Waals surface area contributed by atoms with E-state index in [9.17, 15) is 27.2 Å². The molecule has 0 radical (unpaired) electrons. The molecule has 0 bridgehead atoms. The molecule has 0 spiro atoms. The van der Waals surface area contributed by atoms with E-state index in [4.69, 9.17) is 0 Å². The predicted molar refractivity (Wildman–Crippen MR) is 108 cm³/mol. The van der Waals surface area contributed by atoms with Crippen molar-refractivity contribution in [2.24, 2.45) is 0 Å². The first-order valence-electron chi connectivity index (χ1n) is 10.1. The second-order valence-electron chi connectivity index (χ2n) is 7.85. The number of carbonyl (C=O) groups is 2. The van der Waals surface area contributed by atoms with E-state index in [-0.39, 0.29) is 36.3 Å². The molecule has 2 aromatic rings. The first-order chi connectivity index (χ1) is 14.6. The number of rotatable bonds is 7. The van der Waals surface area contributed by atoms with E-state index in [2.05, 4.69) is 5.32 Å². The topological polar surface area (TPSA) is 49.4 Å². The zero-order valence-corrected chi connectivity index (χ0v) is 17.1. The summed E-state index contributed by atoms with van der Waals surface area (Å²) in [4.78, 5) is 26.3. The van der Waals surface area contributed by atoms with Gasteiger partial charge in [0.2, 0.25) is 11.8 Å². The number of nitrogens with one attached hydrogen (secondary N) is 1. The third kappa shape index (κ3) is 6.06. The van der Waals surface area contributed by atoms with E-state index in [0.717, 1.165) is 12.1 Å². The number of amides is 2. The van der Waals surface area contributed by atoms with Gasteiger partial charge in [0, 0.05) is 25.9 Å². The maximum atomic E-state index is 13.5. The summed E-state index contributed by atoms with van der Waals surface area (Å²) in [5, 5.41) is 2.78. The minimum absolute atomic E-state index is 0.0346. The summed E-state index contributed by atoms with van der Waals surface area (Å²) < 4.78 is 53.0. The number of alkyl halides is 3. The summed E-state index contributed by atoms with van der Waals surface area (Å²) >= 11 is 0. The first-order valence-corrected chi connectivity index (χ1v) is 10.1. The Morgan fingerprint density at radius 1 is 1.13 bits per heavy atom. The minimum Gasteiger partial charge on any atom is -0.347 e. The van der Waals surface area contributed by atoms with Crippen LogP contribution in [0.2, 0.25) is 0 Å². The summed E-state index contributed by atoms with van der Waals surface area (Å²) in [6.45, 7) is 2.38. The Morgan fingerprint density at radius 2 is 1.84 bits per heavy atom. The highest BCUT2D eigenvalue weighted by Gasteiger charge is 2.32. The van der Waals surface area contributed by atoms with E-state index in [1.165, 1.54) is 24.3 Å². The molecular formula is C23H24F4N2O2. The standard InChI is InChI=1S/C23H24F4N2O2/c1-15(16-5-3-8-19(24)13-16)11-21(30)28-20(14-29-10-4-9-22(29)31)17-6-2-7-18(12-17)23(25,26)27/h2-3,5-8,12-13,15,20H,4,9-11,14H2,1H3,(H,28,30). The molecule has 0 aliphatic carbocycles. The molecule has 1 fully saturated rings. The van der Waals surface area contributed by atoms with Crippen LogP contribution in [0.5, 0.6) is 0 Å². The average Bonchev–Trinajstić information content (AvgIpc) is 3.11. The van der Waals surface area contributed by atoms with E-state index in [1.54, 1.807) is 24.0 Å². The largest absolute Gasteiger partial charge is 0.416 e. The van der Waals surface area contributed by atoms with Gasteiger partial charge in [0.05, 0.1) is 11.6 Å². The Hall–Kier alpha value is -2.90. The predicted octanol–water partition coefficient (Wildman–Crippen LogP) is 4.82. The van der Waals surface area contributed by atoms with Crippen molar-refractivity contribution in [2.75, 3.05) is 13.1 Å². The van der Waals surface area contributed by atoms with Gasteiger partial charge in [-0.2, -0.15) is 13.2 Å². The number of carbonyl (C=O) groups excluding carboxylic acids is 2. The molecule has 31 heavy (non-hydrogen) atoms. The molecule has 2 unspecified atom stereocenters. The van der Waals surface area contributed by atoms with Crippen LogP contribution < -0.4 is 5.32 Å².